The van der Waals surface area contributed by atoms with Gasteiger partial charge in [-0.1, -0.05) is 0 Å². The standard InChI is InChI=1S/C11H14N4OS/c1-7(12)3-9-4-13-10(14-5-9)17-11-15-8(2)6-16-11/h4-7H,3,12H2,1-2H3. The van der Waals surface area contributed by atoms with Crippen LogP contribution >= 0.6 is 11.8 Å². The molecule has 0 amide bonds. The van der Waals surface area contributed by atoms with E-state index in [1.165, 1.54) is 11.8 Å². The summed E-state index contributed by atoms with van der Waals surface area (Å²) >= 11 is 1.30. The molecule has 6 heteroatoms. The molecule has 17 heavy (non-hydrogen) atoms. The zero-order valence-electron chi connectivity index (χ0n) is 9.75. The van der Waals surface area contributed by atoms with Crippen LogP contribution < -0.4 is 5.73 Å². The number of aromatic nitrogens is 3. The van der Waals surface area contributed by atoms with Crippen molar-refractivity contribution in [3.63, 3.8) is 0 Å². The van der Waals surface area contributed by atoms with Crippen molar-refractivity contribution in [3.8, 4) is 0 Å². The molecule has 5 nitrogen and oxygen atoms in total. The van der Waals surface area contributed by atoms with Crippen molar-refractivity contribution in [1.82, 2.24) is 15.0 Å². The normalized spacial score (nSPS) is 12.6. The van der Waals surface area contributed by atoms with E-state index in [0.717, 1.165) is 17.7 Å². The van der Waals surface area contributed by atoms with Crippen molar-refractivity contribution in [1.29, 1.82) is 0 Å². The summed E-state index contributed by atoms with van der Waals surface area (Å²) in [6.45, 7) is 3.83. The van der Waals surface area contributed by atoms with E-state index in [1.807, 2.05) is 13.8 Å². The van der Waals surface area contributed by atoms with Crippen molar-refractivity contribution in [3.05, 3.63) is 29.9 Å². The molecule has 0 saturated heterocycles. The first-order chi connectivity index (χ1) is 8.13. The lowest BCUT2D eigenvalue weighted by atomic mass is 10.1. The van der Waals surface area contributed by atoms with Gasteiger partial charge in [0.2, 0.25) is 0 Å². The van der Waals surface area contributed by atoms with Gasteiger partial charge in [0.05, 0.1) is 5.69 Å². The summed E-state index contributed by atoms with van der Waals surface area (Å²) in [5, 5.41) is 1.18. The highest BCUT2D eigenvalue weighted by molar-refractivity contribution is 7.98. The molecule has 0 aliphatic carbocycles. The van der Waals surface area contributed by atoms with E-state index in [9.17, 15) is 0 Å². The van der Waals surface area contributed by atoms with Crippen LogP contribution in [0.2, 0.25) is 0 Å². The second kappa shape index (κ2) is 5.29. The predicted molar refractivity (Wildman–Crippen MR) is 64.7 cm³/mol. The van der Waals surface area contributed by atoms with Crippen molar-refractivity contribution >= 4 is 11.8 Å². The smallest absolute Gasteiger partial charge is 0.263 e. The number of rotatable bonds is 4. The van der Waals surface area contributed by atoms with Crippen molar-refractivity contribution in [2.45, 2.75) is 36.7 Å². The third kappa shape index (κ3) is 3.54. The van der Waals surface area contributed by atoms with Crippen LogP contribution in [0.3, 0.4) is 0 Å². The van der Waals surface area contributed by atoms with Gasteiger partial charge in [0, 0.05) is 30.2 Å². The number of nitrogens with zero attached hydrogens (tertiary/aromatic N) is 3. The van der Waals surface area contributed by atoms with Gasteiger partial charge in [-0.15, -0.1) is 0 Å². The van der Waals surface area contributed by atoms with Gasteiger partial charge in [-0.05, 0) is 25.8 Å². The van der Waals surface area contributed by atoms with Crippen LogP contribution in [0, 0.1) is 6.92 Å². The molecular formula is C11H14N4OS. The zero-order chi connectivity index (χ0) is 12.3. The van der Waals surface area contributed by atoms with E-state index in [-0.39, 0.29) is 6.04 Å². The van der Waals surface area contributed by atoms with Crippen molar-refractivity contribution in [2.75, 3.05) is 0 Å². The predicted octanol–water partition coefficient (Wildman–Crippen LogP) is 1.81. The van der Waals surface area contributed by atoms with Crippen LogP contribution in [-0.2, 0) is 6.42 Å². The number of aryl methyl sites for hydroxylation is 1. The first kappa shape index (κ1) is 12.1. The van der Waals surface area contributed by atoms with E-state index in [4.69, 9.17) is 10.2 Å². The van der Waals surface area contributed by atoms with Gasteiger partial charge in [0.15, 0.2) is 5.16 Å². The van der Waals surface area contributed by atoms with Crippen LogP contribution in [0.5, 0.6) is 0 Å². The fraction of sp³-hybridized carbons (Fsp3) is 0.364. The van der Waals surface area contributed by atoms with Crippen LogP contribution in [0.1, 0.15) is 18.2 Å². The molecule has 0 saturated carbocycles. The summed E-state index contributed by atoms with van der Waals surface area (Å²) in [5.74, 6) is 0. The monoisotopic (exact) mass is 250 g/mol. The molecular weight excluding hydrogens is 236 g/mol. The van der Waals surface area contributed by atoms with Crippen molar-refractivity contribution < 1.29 is 4.42 Å². The molecule has 0 aliphatic rings. The highest BCUT2D eigenvalue weighted by Gasteiger charge is 2.06. The quantitative estimate of drug-likeness (QED) is 0.834. The summed E-state index contributed by atoms with van der Waals surface area (Å²) < 4.78 is 5.21. The maximum absolute atomic E-state index is 5.70. The molecule has 1 unspecified atom stereocenters. The van der Waals surface area contributed by atoms with Gasteiger partial charge in [0.25, 0.3) is 5.22 Å². The summed E-state index contributed by atoms with van der Waals surface area (Å²) in [4.78, 5) is 12.6. The molecule has 0 spiro atoms. The third-order valence-corrected chi connectivity index (χ3v) is 2.77. The van der Waals surface area contributed by atoms with E-state index >= 15 is 0 Å². The molecule has 0 aliphatic heterocycles. The van der Waals surface area contributed by atoms with E-state index in [1.54, 1.807) is 18.7 Å². The number of nitrogens with two attached hydrogens (primary N) is 1. The Hall–Kier alpha value is -1.40. The van der Waals surface area contributed by atoms with Crippen LogP contribution in [0.25, 0.3) is 0 Å². The molecule has 0 radical (unpaired) electrons. The molecule has 0 bridgehead atoms. The summed E-state index contributed by atoms with van der Waals surface area (Å²) in [7, 11) is 0. The largest absolute Gasteiger partial charge is 0.439 e. The van der Waals surface area contributed by atoms with Gasteiger partial charge in [-0.3, -0.25) is 0 Å². The van der Waals surface area contributed by atoms with Gasteiger partial charge < -0.3 is 10.2 Å². The summed E-state index contributed by atoms with van der Waals surface area (Å²) in [5.41, 5.74) is 7.59. The second-order valence-electron chi connectivity index (χ2n) is 3.91. The number of oxazole rings is 1. The van der Waals surface area contributed by atoms with Crippen LogP contribution in [-0.4, -0.2) is 21.0 Å². The molecule has 2 rings (SSSR count). The molecule has 2 heterocycles. The molecule has 0 aromatic carbocycles. The Balaban J connectivity index is 2.03. The number of hydrogen-bond donors (Lipinski definition) is 1. The Kier molecular flexibility index (Phi) is 3.75. The molecule has 2 aromatic heterocycles. The number of hydrogen-bond acceptors (Lipinski definition) is 6. The third-order valence-electron chi connectivity index (χ3n) is 2.02. The van der Waals surface area contributed by atoms with E-state index < -0.39 is 0 Å². The zero-order valence-corrected chi connectivity index (χ0v) is 10.6. The second-order valence-corrected chi connectivity index (χ2v) is 4.83. The van der Waals surface area contributed by atoms with Gasteiger partial charge in [-0.2, -0.15) is 0 Å². The fourth-order valence-corrected chi connectivity index (χ4v) is 1.98. The minimum absolute atomic E-state index is 0.117. The maximum atomic E-state index is 5.70. The summed E-state index contributed by atoms with van der Waals surface area (Å²) in [6.07, 6.45) is 5.96. The SMILES string of the molecule is Cc1coc(Sc2ncc(CC(C)N)cn2)n1. The van der Waals surface area contributed by atoms with Gasteiger partial charge >= 0.3 is 0 Å². The van der Waals surface area contributed by atoms with Crippen LogP contribution in [0.15, 0.2) is 33.5 Å². The first-order valence-electron chi connectivity index (χ1n) is 5.30. The molecule has 1 atom stereocenters. The Labute approximate surface area is 104 Å². The lowest BCUT2D eigenvalue weighted by Crippen LogP contribution is -2.17. The average Bonchev–Trinajstić information content (AvgIpc) is 2.66. The van der Waals surface area contributed by atoms with E-state index in [0.29, 0.717) is 10.4 Å². The molecule has 2 aromatic rings. The van der Waals surface area contributed by atoms with E-state index in [2.05, 4.69) is 15.0 Å². The van der Waals surface area contributed by atoms with Crippen LogP contribution in [0.4, 0.5) is 0 Å². The topological polar surface area (TPSA) is 77.8 Å². The lowest BCUT2D eigenvalue weighted by molar-refractivity contribution is 0.453. The highest BCUT2D eigenvalue weighted by Crippen LogP contribution is 2.23. The summed E-state index contributed by atoms with van der Waals surface area (Å²) in [6, 6.07) is 0.117. The molecule has 90 valence electrons. The minimum Gasteiger partial charge on any atom is -0.439 e. The fourth-order valence-electron chi connectivity index (χ4n) is 1.33. The highest BCUT2D eigenvalue weighted by atomic mass is 32.2. The lowest BCUT2D eigenvalue weighted by Gasteiger charge is -2.03. The van der Waals surface area contributed by atoms with Gasteiger partial charge in [-0.25, -0.2) is 15.0 Å². The van der Waals surface area contributed by atoms with Gasteiger partial charge in [0.1, 0.15) is 6.26 Å². The molecule has 0 fully saturated rings. The van der Waals surface area contributed by atoms with Crippen molar-refractivity contribution in [2.24, 2.45) is 5.73 Å². The Morgan fingerprint density at radius 2 is 2.12 bits per heavy atom. The maximum Gasteiger partial charge on any atom is 0.263 e. The Morgan fingerprint density at radius 1 is 1.41 bits per heavy atom. The Bertz CT molecular complexity index is 480. The molecule has 2 N–H and O–H groups in total. The minimum atomic E-state index is 0.117. The Morgan fingerprint density at radius 3 is 2.65 bits per heavy atom. The first-order valence-corrected chi connectivity index (χ1v) is 6.11. The average molecular weight is 250 g/mol.